The highest BCUT2D eigenvalue weighted by Gasteiger charge is 2.21. The van der Waals surface area contributed by atoms with Gasteiger partial charge in [-0.2, -0.15) is 5.26 Å². The molecule has 0 saturated heterocycles. The number of hydrogen-bond acceptors (Lipinski definition) is 1. The van der Waals surface area contributed by atoms with Crippen LogP contribution in [-0.2, 0) is 6.42 Å². The van der Waals surface area contributed by atoms with E-state index in [1.54, 1.807) is 6.07 Å². The Labute approximate surface area is 76.8 Å². The van der Waals surface area contributed by atoms with Crippen LogP contribution in [0.2, 0.25) is 0 Å². The maximum Gasteiger partial charge on any atom is 0.123 e. The summed E-state index contributed by atoms with van der Waals surface area (Å²) >= 11 is 0. The first-order valence-electron chi connectivity index (χ1n) is 4.46. The maximum atomic E-state index is 12.8. The van der Waals surface area contributed by atoms with Crippen molar-refractivity contribution in [3.8, 4) is 6.07 Å². The van der Waals surface area contributed by atoms with E-state index in [9.17, 15) is 4.39 Å². The van der Waals surface area contributed by atoms with E-state index in [0.29, 0.717) is 12.3 Å². The molecule has 0 N–H and O–H groups in total. The fraction of sp³-hybridized carbons (Fsp3) is 0.364. The minimum absolute atomic E-state index is 0.170. The topological polar surface area (TPSA) is 23.8 Å². The van der Waals surface area contributed by atoms with Crippen molar-refractivity contribution in [2.24, 2.45) is 0 Å². The highest BCUT2D eigenvalue weighted by molar-refractivity contribution is 5.35. The van der Waals surface area contributed by atoms with Crippen LogP contribution >= 0.6 is 0 Å². The standard InChI is InChI=1S/C11H10FN/c12-10-3-4-11-8(5-6-13)1-2-9(11)7-10/h3-4,7-8H,1-2,5H2/t8-/m0/s1. The lowest BCUT2D eigenvalue weighted by Crippen LogP contribution is -1.91. The summed E-state index contributed by atoms with van der Waals surface area (Å²) in [4.78, 5) is 0. The number of rotatable bonds is 1. The third-order valence-corrected chi connectivity index (χ3v) is 2.64. The molecule has 1 aromatic carbocycles. The monoisotopic (exact) mass is 175 g/mol. The summed E-state index contributed by atoms with van der Waals surface area (Å²) in [5, 5.41) is 8.58. The third kappa shape index (κ3) is 1.42. The van der Waals surface area contributed by atoms with Gasteiger partial charge in [-0.25, -0.2) is 4.39 Å². The van der Waals surface area contributed by atoms with E-state index in [2.05, 4.69) is 6.07 Å². The zero-order valence-corrected chi connectivity index (χ0v) is 7.26. The molecule has 0 fully saturated rings. The molecule has 0 radical (unpaired) electrons. The first kappa shape index (κ1) is 8.25. The van der Waals surface area contributed by atoms with Crippen molar-refractivity contribution >= 4 is 0 Å². The summed E-state index contributed by atoms with van der Waals surface area (Å²) in [5.74, 6) is 0.164. The Balaban J connectivity index is 2.34. The summed E-state index contributed by atoms with van der Waals surface area (Å²) in [6.45, 7) is 0. The van der Waals surface area contributed by atoms with E-state index < -0.39 is 0 Å². The van der Waals surface area contributed by atoms with E-state index in [1.807, 2.05) is 6.07 Å². The number of benzene rings is 1. The van der Waals surface area contributed by atoms with E-state index in [1.165, 1.54) is 11.6 Å². The van der Waals surface area contributed by atoms with Gasteiger partial charge in [0.05, 0.1) is 6.07 Å². The van der Waals surface area contributed by atoms with Crippen LogP contribution in [-0.4, -0.2) is 0 Å². The predicted octanol–water partition coefficient (Wildman–Crippen LogP) is 2.77. The highest BCUT2D eigenvalue weighted by Crippen LogP contribution is 2.35. The van der Waals surface area contributed by atoms with Gasteiger partial charge < -0.3 is 0 Å². The van der Waals surface area contributed by atoms with Gasteiger partial charge in [-0.15, -0.1) is 0 Å². The van der Waals surface area contributed by atoms with Crippen LogP contribution < -0.4 is 0 Å². The highest BCUT2D eigenvalue weighted by atomic mass is 19.1. The van der Waals surface area contributed by atoms with E-state index in [-0.39, 0.29) is 5.82 Å². The molecule has 66 valence electrons. The molecular weight excluding hydrogens is 165 g/mol. The Morgan fingerprint density at radius 3 is 3.15 bits per heavy atom. The molecule has 0 aromatic heterocycles. The molecule has 1 aliphatic rings. The zero-order chi connectivity index (χ0) is 9.26. The van der Waals surface area contributed by atoms with E-state index in [0.717, 1.165) is 18.4 Å². The first-order chi connectivity index (χ1) is 6.31. The lowest BCUT2D eigenvalue weighted by molar-refractivity contribution is 0.625. The molecule has 0 aliphatic heterocycles. The summed E-state index contributed by atoms with van der Waals surface area (Å²) < 4.78 is 12.8. The lowest BCUT2D eigenvalue weighted by atomic mass is 9.99. The average Bonchev–Trinajstić information content (AvgIpc) is 2.49. The van der Waals surface area contributed by atoms with Crippen LogP contribution in [0, 0.1) is 17.1 Å². The van der Waals surface area contributed by atoms with Crippen LogP contribution in [0.4, 0.5) is 4.39 Å². The second kappa shape index (κ2) is 3.18. The van der Waals surface area contributed by atoms with Crippen molar-refractivity contribution in [2.45, 2.75) is 25.2 Å². The summed E-state index contributed by atoms with van der Waals surface area (Å²) in [5.41, 5.74) is 2.25. The average molecular weight is 175 g/mol. The number of halogens is 1. The Kier molecular flexibility index (Phi) is 2.02. The third-order valence-electron chi connectivity index (χ3n) is 2.64. The van der Waals surface area contributed by atoms with Gasteiger partial charge in [0, 0.05) is 6.42 Å². The van der Waals surface area contributed by atoms with Crippen LogP contribution in [0.3, 0.4) is 0 Å². The molecule has 1 nitrogen and oxygen atoms in total. The molecule has 2 heteroatoms. The van der Waals surface area contributed by atoms with Crippen molar-refractivity contribution in [1.82, 2.24) is 0 Å². The van der Waals surface area contributed by atoms with Gasteiger partial charge in [-0.1, -0.05) is 6.07 Å². The van der Waals surface area contributed by atoms with Crippen LogP contribution in [0.5, 0.6) is 0 Å². The maximum absolute atomic E-state index is 12.8. The summed E-state index contributed by atoms with van der Waals surface area (Å²) in [6, 6.07) is 7.06. The number of fused-ring (bicyclic) bond motifs is 1. The SMILES string of the molecule is N#CC[C@@H]1CCc2cc(F)ccc21. The van der Waals surface area contributed by atoms with Crippen molar-refractivity contribution in [3.63, 3.8) is 0 Å². The van der Waals surface area contributed by atoms with Crippen LogP contribution in [0.1, 0.15) is 29.9 Å². The first-order valence-corrected chi connectivity index (χ1v) is 4.46. The van der Waals surface area contributed by atoms with Gasteiger partial charge in [0.2, 0.25) is 0 Å². The second-order valence-corrected chi connectivity index (χ2v) is 3.44. The summed E-state index contributed by atoms with van der Waals surface area (Å²) in [6.07, 6.45) is 2.46. The Morgan fingerprint density at radius 1 is 1.54 bits per heavy atom. The number of aryl methyl sites for hydroxylation is 1. The largest absolute Gasteiger partial charge is 0.207 e. The fourth-order valence-electron chi connectivity index (χ4n) is 2.00. The van der Waals surface area contributed by atoms with Gasteiger partial charge >= 0.3 is 0 Å². The Hall–Kier alpha value is -1.36. The van der Waals surface area contributed by atoms with Gasteiger partial charge in [-0.05, 0) is 42.0 Å². The smallest absolute Gasteiger partial charge is 0.123 e. The molecule has 13 heavy (non-hydrogen) atoms. The minimum atomic E-state index is -0.170. The van der Waals surface area contributed by atoms with Crippen molar-refractivity contribution in [1.29, 1.82) is 5.26 Å². The van der Waals surface area contributed by atoms with E-state index >= 15 is 0 Å². The van der Waals surface area contributed by atoms with Gasteiger partial charge in [-0.3, -0.25) is 0 Å². The Bertz CT molecular complexity index is 365. The molecule has 2 rings (SSSR count). The Morgan fingerprint density at radius 2 is 2.38 bits per heavy atom. The van der Waals surface area contributed by atoms with Crippen LogP contribution in [0.25, 0.3) is 0 Å². The molecule has 0 unspecified atom stereocenters. The van der Waals surface area contributed by atoms with Gasteiger partial charge in [0.1, 0.15) is 5.82 Å². The molecule has 0 heterocycles. The zero-order valence-electron chi connectivity index (χ0n) is 7.26. The van der Waals surface area contributed by atoms with Crippen LogP contribution in [0.15, 0.2) is 18.2 Å². The molecule has 0 bridgehead atoms. The molecule has 1 aromatic rings. The van der Waals surface area contributed by atoms with Gasteiger partial charge in [0.15, 0.2) is 0 Å². The predicted molar refractivity (Wildman–Crippen MR) is 47.7 cm³/mol. The normalized spacial score (nSPS) is 19.5. The van der Waals surface area contributed by atoms with Crippen molar-refractivity contribution < 1.29 is 4.39 Å². The molecule has 1 aliphatic carbocycles. The summed E-state index contributed by atoms with van der Waals surface area (Å²) in [7, 11) is 0. The molecule has 0 spiro atoms. The van der Waals surface area contributed by atoms with Gasteiger partial charge in [0.25, 0.3) is 0 Å². The second-order valence-electron chi connectivity index (χ2n) is 3.44. The molecule has 0 saturated carbocycles. The number of nitrogens with zero attached hydrogens (tertiary/aromatic N) is 1. The minimum Gasteiger partial charge on any atom is -0.207 e. The number of nitriles is 1. The lowest BCUT2D eigenvalue weighted by Gasteiger charge is -2.05. The van der Waals surface area contributed by atoms with E-state index in [4.69, 9.17) is 5.26 Å². The van der Waals surface area contributed by atoms with Crippen molar-refractivity contribution in [2.75, 3.05) is 0 Å². The quantitative estimate of drug-likeness (QED) is 0.643. The molecule has 1 atom stereocenters. The number of hydrogen-bond donors (Lipinski definition) is 0. The molecule has 0 amide bonds. The fourth-order valence-corrected chi connectivity index (χ4v) is 2.00. The molecular formula is C11H10FN. The van der Waals surface area contributed by atoms with Crippen molar-refractivity contribution in [3.05, 3.63) is 35.1 Å².